The maximum atomic E-state index is 12.5. The number of hydrogen-bond donors (Lipinski definition) is 2. The topological polar surface area (TPSA) is 58.2 Å². The third-order valence-electron chi connectivity index (χ3n) is 2.31. The quantitative estimate of drug-likeness (QED) is 0.843. The molecular formula is C12H12ClF3N2O2. The summed E-state index contributed by atoms with van der Waals surface area (Å²) in [4.78, 5) is 22.4. The Bertz CT molecular complexity index is 504. The molecule has 0 spiro atoms. The van der Waals surface area contributed by atoms with Crippen LogP contribution in [0, 0.1) is 0 Å². The molecule has 0 bridgehead atoms. The van der Waals surface area contributed by atoms with Crippen molar-refractivity contribution in [3.8, 4) is 0 Å². The Morgan fingerprint density at radius 1 is 1.35 bits per heavy atom. The summed E-state index contributed by atoms with van der Waals surface area (Å²) >= 11 is 5.44. The maximum absolute atomic E-state index is 12.5. The van der Waals surface area contributed by atoms with Crippen LogP contribution >= 0.6 is 11.6 Å². The lowest BCUT2D eigenvalue weighted by Crippen LogP contribution is -2.41. The van der Waals surface area contributed by atoms with Crippen molar-refractivity contribution in [2.75, 3.05) is 0 Å². The van der Waals surface area contributed by atoms with E-state index in [0.29, 0.717) is 0 Å². The summed E-state index contributed by atoms with van der Waals surface area (Å²) in [5.41, 5.74) is -0.538. The smallest absolute Gasteiger partial charge is 0.334 e. The molecule has 0 aromatic heterocycles. The minimum atomic E-state index is -4.44. The number of imide groups is 1. The van der Waals surface area contributed by atoms with Crippen molar-refractivity contribution in [3.63, 3.8) is 0 Å². The predicted molar refractivity (Wildman–Crippen MR) is 67.1 cm³/mol. The van der Waals surface area contributed by atoms with Gasteiger partial charge < -0.3 is 5.32 Å². The third-order valence-corrected chi connectivity index (χ3v) is 2.50. The van der Waals surface area contributed by atoms with Crippen molar-refractivity contribution in [2.45, 2.75) is 25.0 Å². The van der Waals surface area contributed by atoms with Gasteiger partial charge in [0.15, 0.2) is 0 Å². The van der Waals surface area contributed by atoms with Crippen LogP contribution in [0.1, 0.15) is 18.1 Å². The zero-order valence-corrected chi connectivity index (χ0v) is 11.2. The van der Waals surface area contributed by atoms with Crippen molar-refractivity contribution in [1.82, 2.24) is 10.6 Å². The molecule has 2 N–H and O–H groups in total. The fourth-order valence-corrected chi connectivity index (χ4v) is 1.35. The second kappa shape index (κ2) is 6.60. The lowest BCUT2D eigenvalue weighted by molar-refractivity contribution is -0.137. The van der Waals surface area contributed by atoms with E-state index in [4.69, 9.17) is 11.6 Å². The van der Waals surface area contributed by atoms with Gasteiger partial charge in [0, 0.05) is 6.54 Å². The van der Waals surface area contributed by atoms with Gasteiger partial charge in [-0.05, 0) is 24.6 Å². The summed E-state index contributed by atoms with van der Waals surface area (Å²) in [7, 11) is 0. The molecule has 1 aromatic rings. The second-order valence-corrected chi connectivity index (χ2v) is 4.64. The monoisotopic (exact) mass is 308 g/mol. The van der Waals surface area contributed by atoms with Gasteiger partial charge in [0.2, 0.25) is 5.91 Å². The first-order valence-electron chi connectivity index (χ1n) is 5.59. The van der Waals surface area contributed by atoms with Crippen molar-refractivity contribution in [2.24, 2.45) is 0 Å². The summed E-state index contributed by atoms with van der Waals surface area (Å²) in [6.45, 7) is 1.25. The number of carbonyl (C=O) groups excluding carboxylic acids is 2. The molecule has 0 heterocycles. The normalized spacial score (nSPS) is 12.7. The molecule has 1 rings (SSSR count). The number of amides is 3. The SMILES string of the molecule is CC(Cl)C(=O)NC(=O)NCc1cccc(C(F)(F)F)c1. The largest absolute Gasteiger partial charge is 0.416 e. The van der Waals surface area contributed by atoms with Crippen LogP contribution in [0.4, 0.5) is 18.0 Å². The van der Waals surface area contributed by atoms with Gasteiger partial charge in [-0.25, -0.2) is 4.79 Å². The Morgan fingerprint density at radius 2 is 2.00 bits per heavy atom. The van der Waals surface area contributed by atoms with Crippen LogP contribution < -0.4 is 10.6 Å². The summed E-state index contributed by atoms with van der Waals surface area (Å²) in [6.07, 6.45) is -4.44. The number of alkyl halides is 4. The number of halogens is 4. The average molecular weight is 309 g/mol. The van der Waals surface area contributed by atoms with Crippen LogP contribution in [-0.2, 0) is 17.5 Å². The first kappa shape index (κ1) is 16.3. The zero-order valence-electron chi connectivity index (χ0n) is 10.4. The molecule has 8 heteroatoms. The summed E-state index contributed by atoms with van der Waals surface area (Å²) in [5.74, 6) is -0.687. The highest BCUT2D eigenvalue weighted by Gasteiger charge is 2.30. The highest BCUT2D eigenvalue weighted by atomic mass is 35.5. The molecule has 1 unspecified atom stereocenters. The molecule has 1 aromatic carbocycles. The van der Waals surface area contributed by atoms with Gasteiger partial charge in [0.05, 0.1) is 5.56 Å². The van der Waals surface area contributed by atoms with Crippen LogP contribution in [0.2, 0.25) is 0 Å². The molecule has 0 aliphatic rings. The van der Waals surface area contributed by atoms with E-state index in [9.17, 15) is 22.8 Å². The Hall–Kier alpha value is -1.76. The molecule has 0 saturated heterocycles. The van der Waals surface area contributed by atoms with Crippen LogP contribution in [0.25, 0.3) is 0 Å². The van der Waals surface area contributed by atoms with E-state index in [0.717, 1.165) is 12.1 Å². The molecule has 110 valence electrons. The molecule has 3 amide bonds. The van der Waals surface area contributed by atoms with Gasteiger partial charge in [0.1, 0.15) is 5.38 Å². The molecule has 0 aliphatic heterocycles. The van der Waals surface area contributed by atoms with Crippen molar-refractivity contribution >= 4 is 23.5 Å². The second-order valence-electron chi connectivity index (χ2n) is 3.99. The van der Waals surface area contributed by atoms with Gasteiger partial charge >= 0.3 is 12.2 Å². The number of nitrogens with one attached hydrogen (secondary N) is 2. The van der Waals surface area contributed by atoms with E-state index in [1.54, 1.807) is 0 Å². The standard InChI is InChI=1S/C12H12ClF3N2O2/c1-7(13)10(19)18-11(20)17-6-8-3-2-4-9(5-8)12(14,15)16/h2-5,7H,6H2,1H3,(H2,17,18,19,20). The first-order chi connectivity index (χ1) is 9.20. The van der Waals surface area contributed by atoms with Gasteiger partial charge in [-0.15, -0.1) is 11.6 Å². The van der Waals surface area contributed by atoms with Crippen LogP contribution in [0.5, 0.6) is 0 Å². The molecule has 0 aliphatic carbocycles. The molecular weight excluding hydrogens is 297 g/mol. The molecule has 0 radical (unpaired) electrons. The average Bonchev–Trinajstić information content (AvgIpc) is 2.35. The minimum absolute atomic E-state index is 0.139. The fraction of sp³-hybridized carbons (Fsp3) is 0.333. The van der Waals surface area contributed by atoms with Crippen molar-refractivity contribution < 1.29 is 22.8 Å². The molecule has 4 nitrogen and oxygen atoms in total. The number of hydrogen-bond acceptors (Lipinski definition) is 2. The maximum Gasteiger partial charge on any atom is 0.416 e. The fourth-order valence-electron chi connectivity index (χ4n) is 1.30. The van der Waals surface area contributed by atoms with E-state index in [1.165, 1.54) is 19.1 Å². The van der Waals surface area contributed by atoms with E-state index >= 15 is 0 Å². The predicted octanol–water partition coefficient (Wildman–Crippen LogP) is 2.66. The number of benzene rings is 1. The molecule has 0 fully saturated rings. The van der Waals surface area contributed by atoms with E-state index in [2.05, 4.69) is 5.32 Å². The Balaban J connectivity index is 2.58. The minimum Gasteiger partial charge on any atom is -0.334 e. The number of rotatable bonds is 3. The third kappa shape index (κ3) is 5.08. The van der Waals surface area contributed by atoms with Crippen LogP contribution in [-0.4, -0.2) is 17.3 Å². The Labute approximate surface area is 118 Å². The van der Waals surface area contributed by atoms with Gasteiger partial charge in [-0.3, -0.25) is 10.1 Å². The lowest BCUT2D eigenvalue weighted by Gasteiger charge is -2.10. The molecule has 0 saturated carbocycles. The van der Waals surface area contributed by atoms with E-state index in [-0.39, 0.29) is 12.1 Å². The summed E-state index contributed by atoms with van der Waals surface area (Å²) in [6, 6.07) is 3.71. The lowest BCUT2D eigenvalue weighted by atomic mass is 10.1. The van der Waals surface area contributed by atoms with Crippen LogP contribution in [0.3, 0.4) is 0 Å². The molecule has 1 atom stereocenters. The van der Waals surface area contributed by atoms with Gasteiger partial charge in [0.25, 0.3) is 0 Å². The van der Waals surface area contributed by atoms with Crippen molar-refractivity contribution in [1.29, 1.82) is 0 Å². The van der Waals surface area contributed by atoms with Gasteiger partial charge in [-0.2, -0.15) is 13.2 Å². The molecule has 20 heavy (non-hydrogen) atoms. The number of urea groups is 1. The Morgan fingerprint density at radius 3 is 2.55 bits per heavy atom. The highest BCUT2D eigenvalue weighted by molar-refractivity contribution is 6.31. The van der Waals surface area contributed by atoms with Crippen molar-refractivity contribution in [3.05, 3.63) is 35.4 Å². The number of carbonyl (C=O) groups is 2. The zero-order chi connectivity index (χ0) is 15.3. The Kier molecular flexibility index (Phi) is 5.38. The van der Waals surface area contributed by atoms with Crippen LogP contribution in [0.15, 0.2) is 24.3 Å². The first-order valence-corrected chi connectivity index (χ1v) is 6.02. The van der Waals surface area contributed by atoms with E-state index in [1.807, 2.05) is 5.32 Å². The van der Waals surface area contributed by atoms with Gasteiger partial charge in [-0.1, -0.05) is 12.1 Å². The van der Waals surface area contributed by atoms with E-state index < -0.39 is 29.1 Å². The summed E-state index contributed by atoms with van der Waals surface area (Å²) < 4.78 is 37.4. The highest BCUT2D eigenvalue weighted by Crippen LogP contribution is 2.29. The summed E-state index contributed by atoms with van der Waals surface area (Å²) in [5, 5.41) is 3.34.